The molecular formula is C25H34N6O2S. The minimum absolute atomic E-state index is 0.0371. The second-order valence-corrected chi connectivity index (χ2v) is 9.59. The van der Waals surface area contributed by atoms with E-state index in [2.05, 4.69) is 22.2 Å². The Labute approximate surface area is 205 Å². The maximum absolute atomic E-state index is 12.4. The first kappa shape index (κ1) is 24.3. The maximum Gasteiger partial charge on any atom is 0.220 e. The van der Waals surface area contributed by atoms with E-state index in [9.17, 15) is 4.79 Å². The van der Waals surface area contributed by atoms with Crippen LogP contribution >= 0.6 is 11.8 Å². The molecule has 0 atom stereocenters. The molecule has 1 aliphatic rings. The minimum Gasteiger partial charge on any atom is -0.497 e. The largest absolute Gasteiger partial charge is 0.497 e. The molecule has 0 saturated carbocycles. The number of nitrogens with zero attached hydrogens (tertiary/aromatic N) is 5. The first-order chi connectivity index (χ1) is 16.7. The number of methoxy groups -OCH3 is 1. The van der Waals surface area contributed by atoms with Gasteiger partial charge in [0.05, 0.1) is 25.2 Å². The van der Waals surface area contributed by atoms with Gasteiger partial charge in [0.1, 0.15) is 11.6 Å². The Morgan fingerprint density at radius 3 is 2.68 bits per heavy atom. The average molecular weight is 483 g/mol. The quantitative estimate of drug-likeness (QED) is 0.326. The van der Waals surface area contributed by atoms with Crippen LogP contribution in [0.5, 0.6) is 5.75 Å². The Morgan fingerprint density at radius 2 is 1.94 bits per heavy atom. The van der Waals surface area contributed by atoms with Crippen LogP contribution in [0.2, 0.25) is 0 Å². The summed E-state index contributed by atoms with van der Waals surface area (Å²) in [5.74, 6) is 2.85. The van der Waals surface area contributed by atoms with E-state index in [1.54, 1.807) is 18.9 Å². The molecule has 1 saturated heterocycles. The normalized spacial score (nSPS) is 13.9. The summed E-state index contributed by atoms with van der Waals surface area (Å²) < 4.78 is 7.07. The fourth-order valence-corrected chi connectivity index (χ4v) is 4.82. The Balaban J connectivity index is 1.38. The lowest BCUT2D eigenvalue weighted by molar-refractivity contribution is -0.121. The van der Waals surface area contributed by atoms with Crippen LogP contribution in [-0.2, 0) is 17.8 Å². The van der Waals surface area contributed by atoms with Gasteiger partial charge in [-0.2, -0.15) is 5.10 Å². The monoisotopic (exact) mass is 482 g/mol. The van der Waals surface area contributed by atoms with Gasteiger partial charge >= 0.3 is 0 Å². The molecular weight excluding hydrogens is 448 g/mol. The molecule has 0 spiro atoms. The van der Waals surface area contributed by atoms with Crippen LogP contribution in [0.3, 0.4) is 0 Å². The van der Waals surface area contributed by atoms with Crippen molar-refractivity contribution in [1.29, 1.82) is 0 Å². The van der Waals surface area contributed by atoms with Crippen LogP contribution in [-0.4, -0.2) is 58.2 Å². The molecule has 3 heterocycles. The van der Waals surface area contributed by atoms with E-state index < -0.39 is 0 Å². The highest BCUT2D eigenvalue weighted by molar-refractivity contribution is 7.99. The highest BCUT2D eigenvalue weighted by Crippen LogP contribution is 2.29. The van der Waals surface area contributed by atoms with Gasteiger partial charge in [-0.15, -0.1) is 0 Å². The first-order valence-corrected chi connectivity index (χ1v) is 13.2. The second kappa shape index (κ2) is 12.1. The van der Waals surface area contributed by atoms with Gasteiger partial charge in [0, 0.05) is 31.8 Å². The summed E-state index contributed by atoms with van der Waals surface area (Å²) in [6.45, 7) is 5.31. The highest BCUT2D eigenvalue weighted by atomic mass is 32.2. The van der Waals surface area contributed by atoms with Gasteiger partial charge < -0.3 is 15.0 Å². The molecule has 8 nitrogen and oxygen atoms in total. The zero-order valence-electron chi connectivity index (χ0n) is 20.1. The van der Waals surface area contributed by atoms with Crippen LogP contribution in [0.1, 0.15) is 44.6 Å². The Bertz CT molecular complexity index is 1080. The number of piperidine rings is 1. The van der Waals surface area contributed by atoms with E-state index in [1.165, 1.54) is 19.3 Å². The van der Waals surface area contributed by atoms with E-state index in [-0.39, 0.29) is 5.91 Å². The molecule has 0 aliphatic carbocycles. The van der Waals surface area contributed by atoms with Crippen LogP contribution in [0.15, 0.2) is 35.6 Å². The smallest absolute Gasteiger partial charge is 0.220 e. The molecule has 0 radical (unpaired) electrons. The molecule has 1 fully saturated rings. The van der Waals surface area contributed by atoms with Crippen LogP contribution < -0.4 is 15.0 Å². The topological polar surface area (TPSA) is 85.2 Å². The molecule has 1 aromatic carbocycles. The standard InChI is InChI=1S/C25H34N6O2S/c1-3-17-34-25-28-23(30-14-5-4-6-15-30)21-18-27-31(24(21)29-25)16-13-26-22(32)12-9-19-7-10-20(33-2)11-8-19/h7-8,10-11,18H,3-6,9,12-17H2,1-2H3,(H,26,32). The number of benzene rings is 1. The molecule has 1 aliphatic heterocycles. The van der Waals surface area contributed by atoms with Gasteiger partial charge in [0.2, 0.25) is 5.91 Å². The number of rotatable bonds is 11. The number of carbonyl (C=O) groups is 1. The number of nitrogens with one attached hydrogen (secondary N) is 1. The summed E-state index contributed by atoms with van der Waals surface area (Å²) in [5.41, 5.74) is 1.97. The Kier molecular flexibility index (Phi) is 8.62. The number of ether oxygens (including phenoxy) is 1. The number of carbonyl (C=O) groups excluding carboxylic acids is 1. The summed E-state index contributed by atoms with van der Waals surface area (Å²) in [4.78, 5) is 24.4. The van der Waals surface area contributed by atoms with Gasteiger partial charge in [-0.3, -0.25) is 4.79 Å². The summed E-state index contributed by atoms with van der Waals surface area (Å²) in [5, 5.41) is 9.42. The summed E-state index contributed by atoms with van der Waals surface area (Å²) in [7, 11) is 1.65. The lowest BCUT2D eigenvalue weighted by atomic mass is 10.1. The van der Waals surface area contributed by atoms with Crippen molar-refractivity contribution in [2.75, 3.05) is 37.4 Å². The zero-order valence-corrected chi connectivity index (χ0v) is 20.9. The molecule has 2 aromatic heterocycles. The number of thioether (sulfide) groups is 1. The van der Waals surface area contributed by atoms with Crippen molar-refractivity contribution >= 4 is 34.5 Å². The maximum atomic E-state index is 12.4. The van der Waals surface area contributed by atoms with Crippen molar-refractivity contribution in [3.05, 3.63) is 36.0 Å². The predicted octanol–water partition coefficient (Wildman–Crippen LogP) is 4.08. The highest BCUT2D eigenvalue weighted by Gasteiger charge is 2.20. The third-order valence-corrected chi connectivity index (χ3v) is 7.05. The predicted molar refractivity (Wildman–Crippen MR) is 137 cm³/mol. The molecule has 1 amide bonds. The number of amides is 1. The van der Waals surface area contributed by atoms with Gasteiger partial charge in [-0.05, 0) is 49.8 Å². The van der Waals surface area contributed by atoms with E-state index in [0.29, 0.717) is 25.9 Å². The van der Waals surface area contributed by atoms with Crippen molar-refractivity contribution in [3.63, 3.8) is 0 Å². The molecule has 0 bridgehead atoms. The number of hydrogen-bond acceptors (Lipinski definition) is 7. The van der Waals surface area contributed by atoms with E-state index >= 15 is 0 Å². The summed E-state index contributed by atoms with van der Waals surface area (Å²) in [6, 6.07) is 7.83. The Hall–Kier alpha value is -2.81. The number of aryl methyl sites for hydroxylation is 1. The van der Waals surface area contributed by atoms with Gasteiger partial charge in [0.25, 0.3) is 0 Å². The third-order valence-electron chi connectivity index (χ3n) is 5.99. The van der Waals surface area contributed by atoms with Crippen molar-refractivity contribution < 1.29 is 9.53 Å². The fraction of sp³-hybridized carbons (Fsp3) is 0.520. The van der Waals surface area contributed by atoms with Crippen molar-refractivity contribution in [3.8, 4) is 5.75 Å². The molecule has 0 unspecified atom stereocenters. The lowest BCUT2D eigenvalue weighted by Gasteiger charge is -2.28. The van der Waals surface area contributed by atoms with E-state index in [1.807, 2.05) is 35.1 Å². The van der Waals surface area contributed by atoms with Gasteiger partial charge in [-0.25, -0.2) is 14.6 Å². The average Bonchev–Trinajstić information content (AvgIpc) is 3.29. The number of anilines is 1. The fourth-order valence-electron chi connectivity index (χ4n) is 4.13. The molecule has 182 valence electrons. The lowest BCUT2D eigenvalue weighted by Crippen LogP contribution is -2.30. The Morgan fingerprint density at radius 1 is 1.15 bits per heavy atom. The number of hydrogen-bond donors (Lipinski definition) is 1. The van der Waals surface area contributed by atoms with Crippen LogP contribution in [0.4, 0.5) is 5.82 Å². The molecule has 4 rings (SSSR count). The van der Waals surface area contributed by atoms with Crippen molar-refractivity contribution in [2.45, 2.75) is 57.1 Å². The van der Waals surface area contributed by atoms with Crippen LogP contribution in [0, 0.1) is 0 Å². The van der Waals surface area contributed by atoms with Crippen molar-refractivity contribution in [1.82, 2.24) is 25.1 Å². The molecule has 9 heteroatoms. The minimum atomic E-state index is 0.0371. The van der Waals surface area contributed by atoms with Gasteiger partial charge in [-0.1, -0.05) is 30.8 Å². The summed E-state index contributed by atoms with van der Waals surface area (Å²) in [6.07, 6.45) is 7.76. The summed E-state index contributed by atoms with van der Waals surface area (Å²) >= 11 is 1.69. The third kappa shape index (κ3) is 6.20. The molecule has 3 aromatic rings. The number of fused-ring (bicyclic) bond motifs is 1. The molecule has 34 heavy (non-hydrogen) atoms. The first-order valence-electron chi connectivity index (χ1n) is 12.2. The van der Waals surface area contributed by atoms with Crippen molar-refractivity contribution in [2.24, 2.45) is 0 Å². The van der Waals surface area contributed by atoms with Gasteiger partial charge in [0.15, 0.2) is 10.8 Å². The van der Waals surface area contributed by atoms with E-state index in [0.717, 1.165) is 58.6 Å². The molecule has 1 N–H and O–H groups in total. The zero-order chi connectivity index (χ0) is 23.8. The second-order valence-electron chi connectivity index (χ2n) is 8.53. The van der Waals surface area contributed by atoms with E-state index in [4.69, 9.17) is 14.7 Å². The number of aromatic nitrogens is 4. The SMILES string of the molecule is CCCSc1nc(N2CCCCC2)c2cnn(CCNC(=O)CCc3ccc(OC)cc3)c2n1. The van der Waals surface area contributed by atoms with Crippen LogP contribution in [0.25, 0.3) is 11.0 Å².